The van der Waals surface area contributed by atoms with Gasteiger partial charge in [-0.15, -0.1) is 11.3 Å². The number of carbonyl (C=O) groups excluding carboxylic acids is 1. The lowest BCUT2D eigenvalue weighted by molar-refractivity contribution is -0.151. The summed E-state index contributed by atoms with van der Waals surface area (Å²) in [6, 6.07) is 0.124. The zero-order valence-corrected chi connectivity index (χ0v) is 26.6. The van der Waals surface area contributed by atoms with E-state index in [1.54, 1.807) is 18.6 Å². The Kier molecular flexibility index (Phi) is 10.4. The van der Waals surface area contributed by atoms with Crippen LogP contribution >= 0.6 is 34.5 Å². The van der Waals surface area contributed by atoms with E-state index in [0.29, 0.717) is 27.6 Å². The quantitative estimate of drug-likeness (QED) is 0.209. The number of ether oxygens (including phenoxy) is 2. The Bertz CT molecular complexity index is 1540. The number of benzene rings is 1. The molecule has 3 aromatic rings. The Hall–Kier alpha value is -2.30. The summed E-state index contributed by atoms with van der Waals surface area (Å²) in [6.45, 7) is 8.54. The van der Waals surface area contributed by atoms with E-state index in [4.69, 9.17) is 37.2 Å². The number of thiazole rings is 1. The van der Waals surface area contributed by atoms with Gasteiger partial charge < -0.3 is 14.0 Å². The van der Waals surface area contributed by atoms with Gasteiger partial charge in [-0.2, -0.15) is 22.9 Å². The van der Waals surface area contributed by atoms with Crippen molar-refractivity contribution in [2.24, 2.45) is 0 Å². The van der Waals surface area contributed by atoms with E-state index in [1.807, 2.05) is 13.8 Å². The molecule has 232 valence electrons. The minimum Gasteiger partial charge on any atom is -0.461 e. The Balaban J connectivity index is 2.08. The number of methoxy groups -OCH3 is 1. The third-order valence-corrected chi connectivity index (χ3v) is 9.76. The van der Waals surface area contributed by atoms with Crippen LogP contribution in [0.4, 0.5) is 13.2 Å². The highest BCUT2D eigenvalue weighted by Crippen LogP contribution is 2.44. The maximum atomic E-state index is 13.3. The molecule has 0 saturated heterocycles. The standard InChI is InChI=1S/C25H29Cl2F3N4O6S2/c1-7-16(25(28,29)30)34-42(36,37)15-9-8-13(18(26)19(15)27)20-14(10-23(2,3)38-6)31-22(41-20)21-32-17(40-33-21)11-24(4,5)39-12-35/h8-9,12,16,34H,7,10-11H2,1-6H3/t16-/m0/s1. The number of hydrogen-bond acceptors (Lipinski definition) is 10. The molecule has 2 aromatic heterocycles. The Labute approximate surface area is 255 Å². The van der Waals surface area contributed by atoms with Crippen molar-refractivity contribution in [1.82, 2.24) is 19.8 Å². The van der Waals surface area contributed by atoms with Gasteiger partial charge in [-0.3, -0.25) is 4.79 Å². The van der Waals surface area contributed by atoms with Crippen LogP contribution in [0.1, 0.15) is 52.6 Å². The van der Waals surface area contributed by atoms with E-state index in [0.717, 1.165) is 17.4 Å². The summed E-state index contributed by atoms with van der Waals surface area (Å²) in [5.41, 5.74) is -0.799. The largest absolute Gasteiger partial charge is 0.461 e. The highest BCUT2D eigenvalue weighted by molar-refractivity contribution is 7.89. The lowest BCUT2D eigenvalue weighted by Crippen LogP contribution is -2.44. The number of rotatable bonds is 13. The van der Waals surface area contributed by atoms with E-state index in [1.165, 1.54) is 20.1 Å². The molecule has 2 heterocycles. The van der Waals surface area contributed by atoms with Crippen molar-refractivity contribution in [2.45, 2.75) is 82.2 Å². The van der Waals surface area contributed by atoms with Crippen molar-refractivity contribution < 1.29 is 40.4 Å². The van der Waals surface area contributed by atoms with E-state index < -0.39 is 49.8 Å². The molecule has 10 nitrogen and oxygen atoms in total. The number of alkyl halides is 3. The Morgan fingerprint density at radius 2 is 1.76 bits per heavy atom. The van der Waals surface area contributed by atoms with E-state index >= 15 is 0 Å². The van der Waals surface area contributed by atoms with Crippen molar-refractivity contribution in [3.05, 3.63) is 33.8 Å². The molecule has 0 radical (unpaired) electrons. The van der Waals surface area contributed by atoms with Crippen LogP contribution in [-0.4, -0.2) is 60.5 Å². The first-order chi connectivity index (χ1) is 19.3. The second-order valence-corrected chi connectivity index (χ2v) is 13.9. The second kappa shape index (κ2) is 12.7. The Morgan fingerprint density at radius 1 is 1.10 bits per heavy atom. The summed E-state index contributed by atoms with van der Waals surface area (Å²) in [4.78, 5) is 19.7. The summed E-state index contributed by atoms with van der Waals surface area (Å²) in [5.74, 6) is 0.336. The molecule has 0 aliphatic rings. The minimum atomic E-state index is -4.80. The first-order valence-electron chi connectivity index (χ1n) is 12.4. The minimum absolute atomic E-state index is 0.138. The highest BCUT2D eigenvalue weighted by Gasteiger charge is 2.41. The molecule has 0 spiro atoms. The molecular formula is C25H29Cl2F3N4O6S2. The molecule has 0 unspecified atom stereocenters. The van der Waals surface area contributed by atoms with Gasteiger partial charge >= 0.3 is 6.18 Å². The smallest absolute Gasteiger partial charge is 0.404 e. The number of aromatic nitrogens is 3. The molecule has 3 rings (SSSR count). The molecule has 1 aromatic carbocycles. The van der Waals surface area contributed by atoms with Crippen LogP contribution in [0.2, 0.25) is 10.0 Å². The summed E-state index contributed by atoms with van der Waals surface area (Å²) in [6.07, 6.45) is -4.90. The summed E-state index contributed by atoms with van der Waals surface area (Å²) >= 11 is 14.0. The van der Waals surface area contributed by atoms with Crippen LogP contribution in [0.3, 0.4) is 0 Å². The third kappa shape index (κ3) is 7.99. The molecule has 1 atom stereocenters. The van der Waals surface area contributed by atoms with Gasteiger partial charge in [0.2, 0.25) is 21.7 Å². The molecule has 0 bridgehead atoms. The van der Waals surface area contributed by atoms with Crippen LogP contribution in [-0.2, 0) is 37.1 Å². The van der Waals surface area contributed by atoms with E-state index in [2.05, 4.69) is 15.1 Å². The number of halogens is 5. The van der Waals surface area contributed by atoms with Crippen molar-refractivity contribution in [1.29, 1.82) is 0 Å². The van der Waals surface area contributed by atoms with Crippen LogP contribution in [0.5, 0.6) is 0 Å². The Morgan fingerprint density at radius 3 is 2.33 bits per heavy atom. The second-order valence-electron chi connectivity index (χ2n) is 10.5. The van der Waals surface area contributed by atoms with Gasteiger partial charge in [0.15, 0.2) is 5.01 Å². The number of sulfonamides is 1. The van der Waals surface area contributed by atoms with Crippen LogP contribution in [0.25, 0.3) is 21.3 Å². The van der Waals surface area contributed by atoms with Crippen molar-refractivity contribution >= 4 is 51.0 Å². The predicted molar refractivity (Wildman–Crippen MR) is 151 cm³/mol. The van der Waals surface area contributed by atoms with Gasteiger partial charge in [0.05, 0.1) is 32.6 Å². The van der Waals surface area contributed by atoms with Crippen LogP contribution in [0, 0.1) is 0 Å². The monoisotopic (exact) mass is 672 g/mol. The fourth-order valence-electron chi connectivity index (χ4n) is 3.75. The molecule has 17 heteroatoms. The summed E-state index contributed by atoms with van der Waals surface area (Å²) in [7, 11) is -3.16. The van der Waals surface area contributed by atoms with E-state index in [-0.39, 0.29) is 29.6 Å². The van der Waals surface area contributed by atoms with Crippen LogP contribution < -0.4 is 4.72 Å². The fourth-order valence-corrected chi connectivity index (χ4v) is 7.02. The zero-order chi connectivity index (χ0) is 31.7. The molecule has 0 amide bonds. The summed E-state index contributed by atoms with van der Waals surface area (Å²) < 4.78 is 83.1. The summed E-state index contributed by atoms with van der Waals surface area (Å²) in [5, 5.41) is 3.66. The number of hydrogen-bond donors (Lipinski definition) is 1. The molecule has 0 fully saturated rings. The van der Waals surface area contributed by atoms with E-state index in [9.17, 15) is 26.4 Å². The number of nitrogens with one attached hydrogen (secondary N) is 1. The zero-order valence-electron chi connectivity index (χ0n) is 23.4. The lowest BCUT2D eigenvalue weighted by Gasteiger charge is -2.22. The average molecular weight is 674 g/mol. The lowest BCUT2D eigenvalue weighted by atomic mass is 10.00. The number of nitrogens with zero attached hydrogens (tertiary/aromatic N) is 3. The molecule has 0 aliphatic carbocycles. The molecule has 42 heavy (non-hydrogen) atoms. The number of carbonyl (C=O) groups is 1. The fraction of sp³-hybridized carbons (Fsp3) is 0.520. The van der Waals surface area contributed by atoms with Gasteiger partial charge in [-0.05, 0) is 40.2 Å². The molecular weight excluding hydrogens is 644 g/mol. The first-order valence-corrected chi connectivity index (χ1v) is 15.5. The van der Waals surface area contributed by atoms with Gasteiger partial charge in [-0.1, -0.05) is 41.3 Å². The van der Waals surface area contributed by atoms with Gasteiger partial charge in [0.25, 0.3) is 6.47 Å². The van der Waals surface area contributed by atoms with Crippen molar-refractivity contribution in [3.63, 3.8) is 0 Å². The SMILES string of the molecule is CC[C@H](NS(=O)(=O)c1ccc(-c2sc(-c3noc(CC(C)(C)OC=O)n3)nc2CC(C)(C)OC)c(Cl)c1Cl)C(F)(F)F. The van der Waals surface area contributed by atoms with Crippen LogP contribution in [0.15, 0.2) is 21.6 Å². The maximum absolute atomic E-state index is 13.3. The first kappa shape index (κ1) is 34.2. The normalized spacial score (nSPS) is 13.8. The molecule has 0 saturated carbocycles. The van der Waals surface area contributed by atoms with Crippen molar-refractivity contribution in [2.75, 3.05) is 7.11 Å². The maximum Gasteiger partial charge on any atom is 0.404 e. The van der Waals surface area contributed by atoms with Gasteiger partial charge in [0, 0.05) is 19.1 Å². The van der Waals surface area contributed by atoms with Gasteiger partial charge in [-0.25, -0.2) is 13.4 Å². The topological polar surface area (TPSA) is 134 Å². The molecule has 0 aliphatic heterocycles. The van der Waals surface area contributed by atoms with Gasteiger partial charge in [0.1, 0.15) is 16.5 Å². The third-order valence-electron chi connectivity index (χ3n) is 6.13. The van der Waals surface area contributed by atoms with Crippen molar-refractivity contribution in [3.8, 4) is 21.3 Å². The highest BCUT2D eigenvalue weighted by atomic mass is 35.5. The predicted octanol–water partition coefficient (Wildman–Crippen LogP) is 6.25. The average Bonchev–Trinajstić information content (AvgIpc) is 3.49. The molecule has 1 N–H and O–H groups in total.